The van der Waals surface area contributed by atoms with E-state index in [9.17, 15) is 0 Å². The summed E-state index contributed by atoms with van der Waals surface area (Å²) < 4.78 is 0. The van der Waals surface area contributed by atoms with E-state index in [2.05, 4.69) is 42.8 Å². The monoisotopic (exact) mass is 226 g/mol. The molecule has 1 aromatic carbocycles. The van der Waals surface area contributed by atoms with Crippen LogP contribution >= 0.6 is 0 Å². The number of nitrogens with two attached hydrogens (primary N) is 1. The van der Waals surface area contributed by atoms with E-state index in [4.69, 9.17) is 5.73 Å². The highest BCUT2D eigenvalue weighted by atomic mass is 14.9. The molecule has 0 fully saturated rings. The van der Waals surface area contributed by atoms with Gasteiger partial charge in [-0.3, -0.25) is 0 Å². The van der Waals surface area contributed by atoms with Crippen molar-refractivity contribution >= 4 is 17.6 Å². The molecular formula is C15H18N2. The zero-order chi connectivity index (χ0) is 12.4. The van der Waals surface area contributed by atoms with Gasteiger partial charge in [-0.1, -0.05) is 31.2 Å². The zero-order valence-corrected chi connectivity index (χ0v) is 10.5. The number of aliphatic imine (C=N–C) groups is 1. The topological polar surface area (TPSA) is 38.4 Å². The van der Waals surface area contributed by atoms with Gasteiger partial charge in [-0.2, -0.15) is 0 Å². The van der Waals surface area contributed by atoms with Crippen LogP contribution in [0.3, 0.4) is 0 Å². The number of rotatable bonds is 2. The third kappa shape index (κ3) is 2.47. The van der Waals surface area contributed by atoms with Gasteiger partial charge in [0.1, 0.15) is 5.84 Å². The van der Waals surface area contributed by atoms with E-state index in [1.54, 1.807) is 0 Å². The molecule has 1 aliphatic rings. The van der Waals surface area contributed by atoms with Crippen molar-refractivity contribution < 1.29 is 0 Å². The molecule has 1 aromatic rings. The summed E-state index contributed by atoms with van der Waals surface area (Å²) in [6, 6.07) is 6.36. The summed E-state index contributed by atoms with van der Waals surface area (Å²) in [7, 11) is 0. The molecule has 0 bridgehead atoms. The number of nitrogens with zero attached hydrogens (tertiary/aromatic N) is 1. The van der Waals surface area contributed by atoms with E-state index in [1.807, 2.05) is 6.92 Å². The Morgan fingerprint density at radius 3 is 2.88 bits per heavy atom. The molecule has 0 saturated carbocycles. The predicted molar refractivity (Wildman–Crippen MR) is 74.5 cm³/mol. The Labute approximate surface area is 103 Å². The first kappa shape index (κ1) is 11.6. The second kappa shape index (κ2) is 4.58. The number of amidine groups is 1. The molecule has 1 aliphatic heterocycles. The lowest BCUT2D eigenvalue weighted by molar-refractivity contribution is 1.14. The smallest absolute Gasteiger partial charge is 0.104 e. The summed E-state index contributed by atoms with van der Waals surface area (Å²) in [5.74, 6) is 0.659. The van der Waals surface area contributed by atoms with Gasteiger partial charge in [0.15, 0.2) is 0 Å². The molecule has 88 valence electrons. The van der Waals surface area contributed by atoms with Gasteiger partial charge in [-0.05, 0) is 36.6 Å². The molecule has 2 heteroatoms. The molecule has 2 N–H and O–H groups in total. The maximum atomic E-state index is 5.94. The van der Waals surface area contributed by atoms with E-state index < -0.39 is 0 Å². The molecule has 0 saturated heterocycles. The van der Waals surface area contributed by atoms with E-state index in [1.165, 1.54) is 5.56 Å². The van der Waals surface area contributed by atoms with Crippen LogP contribution in [0.15, 0.2) is 40.9 Å². The minimum atomic E-state index is 0.659. The molecule has 0 amide bonds. The third-order valence-electron chi connectivity index (χ3n) is 3.02. The largest absolute Gasteiger partial charge is 0.387 e. The zero-order valence-electron chi connectivity index (χ0n) is 10.5. The minimum Gasteiger partial charge on any atom is -0.387 e. The van der Waals surface area contributed by atoms with Crippen LogP contribution in [0.2, 0.25) is 0 Å². The van der Waals surface area contributed by atoms with Crippen LogP contribution in [0.1, 0.15) is 31.4 Å². The highest BCUT2D eigenvalue weighted by molar-refractivity contribution is 5.91. The SMILES string of the molecule is C=C(C)C1=Cc2ccc(CC)cc2N=C(N)C1. The van der Waals surface area contributed by atoms with Crippen molar-refractivity contribution in [1.29, 1.82) is 0 Å². The van der Waals surface area contributed by atoms with Crippen molar-refractivity contribution in [3.05, 3.63) is 47.1 Å². The summed E-state index contributed by atoms with van der Waals surface area (Å²) in [5, 5.41) is 0. The number of fused-ring (bicyclic) bond motifs is 1. The van der Waals surface area contributed by atoms with Crippen LogP contribution in [0.5, 0.6) is 0 Å². The van der Waals surface area contributed by atoms with Crippen LogP contribution in [0.4, 0.5) is 5.69 Å². The first-order valence-electron chi connectivity index (χ1n) is 5.92. The fraction of sp³-hybridized carbons (Fsp3) is 0.267. The molecule has 2 rings (SSSR count). The first-order chi connectivity index (χ1) is 8.10. The average molecular weight is 226 g/mol. The van der Waals surface area contributed by atoms with Crippen LogP contribution in [0.25, 0.3) is 6.08 Å². The second-order valence-corrected chi connectivity index (χ2v) is 4.48. The maximum absolute atomic E-state index is 5.94. The van der Waals surface area contributed by atoms with Gasteiger partial charge >= 0.3 is 0 Å². The van der Waals surface area contributed by atoms with Gasteiger partial charge in [0.05, 0.1) is 5.69 Å². The lowest BCUT2D eigenvalue weighted by Gasteiger charge is -2.04. The minimum absolute atomic E-state index is 0.659. The van der Waals surface area contributed by atoms with Gasteiger partial charge in [0.2, 0.25) is 0 Å². The highest BCUT2D eigenvalue weighted by Crippen LogP contribution is 2.29. The van der Waals surface area contributed by atoms with E-state index in [-0.39, 0.29) is 0 Å². The third-order valence-corrected chi connectivity index (χ3v) is 3.02. The number of hydrogen-bond acceptors (Lipinski definition) is 2. The van der Waals surface area contributed by atoms with Crippen molar-refractivity contribution in [3.63, 3.8) is 0 Å². The summed E-state index contributed by atoms with van der Waals surface area (Å²) >= 11 is 0. The summed E-state index contributed by atoms with van der Waals surface area (Å²) in [6.45, 7) is 8.13. The highest BCUT2D eigenvalue weighted by Gasteiger charge is 2.10. The molecule has 17 heavy (non-hydrogen) atoms. The Hall–Kier alpha value is -1.83. The predicted octanol–water partition coefficient (Wildman–Crippen LogP) is 3.60. The van der Waals surface area contributed by atoms with E-state index in [0.29, 0.717) is 12.3 Å². The van der Waals surface area contributed by atoms with Crippen molar-refractivity contribution in [2.45, 2.75) is 26.7 Å². The number of hydrogen-bond donors (Lipinski definition) is 1. The van der Waals surface area contributed by atoms with Crippen molar-refractivity contribution in [3.8, 4) is 0 Å². The summed E-state index contributed by atoms with van der Waals surface area (Å²) in [4.78, 5) is 4.48. The van der Waals surface area contributed by atoms with Crippen LogP contribution < -0.4 is 5.73 Å². The first-order valence-corrected chi connectivity index (χ1v) is 5.92. The van der Waals surface area contributed by atoms with Gasteiger partial charge in [-0.15, -0.1) is 0 Å². The van der Waals surface area contributed by atoms with Crippen molar-refractivity contribution in [1.82, 2.24) is 0 Å². The van der Waals surface area contributed by atoms with Gasteiger partial charge in [0.25, 0.3) is 0 Å². The number of aryl methyl sites for hydroxylation is 1. The second-order valence-electron chi connectivity index (χ2n) is 4.48. The average Bonchev–Trinajstić information content (AvgIpc) is 2.45. The Balaban J connectivity index is 2.56. The molecule has 0 aliphatic carbocycles. The van der Waals surface area contributed by atoms with Crippen LogP contribution in [0, 0.1) is 0 Å². The Kier molecular flexibility index (Phi) is 3.14. The fourth-order valence-electron chi connectivity index (χ4n) is 1.93. The van der Waals surface area contributed by atoms with Crippen LogP contribution in [-0.2, 0) is 6.42 Å². The quantitative estimate of drug-likeness (QED) is 0.822. The molecule has 0 radical (unpaired) electrons. The molecule has 0 atom stereocenters. The van der Waals surface area contributed by atoms with Crippen LogP contribution in [-0.4, -0.2) is 5.84 Å². The normalized spacial score (nSPS) is 14.5. The Bertz CT molecular complexity index is 522. The van der Waals surface area contributed by atoms with Crippen molar-refractivity contribution in [2.24, 2.45) is 10.7 Å². The van der Waals surface area contributed by atoms with Gasteiger partial charge in [0, 0.05) is 12.0 Å². The Morgan fingerprint density at radius 1 is 1.47 bits per heavy atom. The molecule has 2 nitrogen and oxygen atoms in total. The van der Waals surface area contributed by atoms with Gasteiger partial charge < -0.3 is 5.73 Å². The molecule has 0 aromatic heterocycles. The lowest BCUT2D eigenvalue weighted by atomic mass is 10.0. The molecule has 0 spiro atoms. The number of benzene rings is 1. The number of allylic oxidation sites excluding steroid dienone is 1. The fourth-order valence-corrected chi connectivity index (χ4v) is 1.93. The molecule has 0 unspecified atom stereocenters. The molecule has 1 heterocycles. The van der Waals surface area contributed by atoms with Gasteiger partial charge in [-0.25, -0.2) is 4.99 Å². The molecular weight excluding hydrogens is 208 g/mol. The maximum Gasteiger partial charge on any atom is 0.104 e. The summed E-state index contributed by atoms with van der Waals surface area (Å²) in [5.41, 5.74) is 11.5. The van der Waals surface area contributed by atoms with Crippen molar-refractivity contribution in [2.75, 3.05) is 0 Å². The van der Waals surface area contributed by atoms with E-state index >= 15 is 0 Å². The summed E-state index contributed by atoms with van der Waals surface area (Å²) in [6.07, 6.45) is 3.84. The lowest BCUT2D eigenvalue weighted by Crippen LogP contribution is -2.11. The van der Waals surface area contributed by atoms with E-state index in [0.717, 1.165) is 28.8 Å². The Morgan fingerprint density at radius 2 is 2.24 bits per heavy atom. The standard InChI is InChI=1S/C15H18N2/c1-4-11-5-6-12-8-13(10(2)3)9-15(16)17-14(12)7-11/h5-8H,2,4,9H2,1,3H3,(H2,16,17).